The molecular formula is C17H23ClN4O3. The van der Waals surface area contributed by atoms with Crippen LogP contribution in [0.2, 0.25) is 0 Å². The van der Waals surface area contributed by atoms with Gasteiger partial charge in [0.05, 0.1) is 12.1 Å². The van der Waals surface area contributed by atoms with Gasteiger partial charge in [0.1, 0.15) is 0 Å². The lowest BCUT2D eigenvalue weighted by Gasteiger charge is -2.11. The molecule has 0 radical (unpaired) electrons. The van der Waals surface area contributed by atoms with Crippen molar-refractivity contribution in [2.75, 3.05) is 13.1 Å². The van der Waals surface area contributed by atoms with Gasteiger partial charge in [-0.2, -0.15) is 4.98 Å². The molecular weight excluding hydrogens is 344 g/mol. The smallest absolute Gasteiger partial charge is 0.257 e. The largest absolute Gasteiger partial charge is 0.392 e. The van der Waals surface area contributed by atoms with Crippen LogP contribution < -0.4 is 10.6 Å². The van der Waals surface area contributed by atoms with Crippen molar-refractivity contribution in [2.45, 2.75) is 38.3 Å². The van der Waals surface area contributed by atoms with Crippen LogP contribution in [0.15, 0.2) is 28.8 Å². The number of benzene rings is 1. The Morgan fingerprint density at radius 3 is 2.76 bits per heavy atom. The Bertz CT molecular complexity index is 689. The van der Waals surface area contributed by atoms with E-state index in [1.165, 1.54) is 0 Å². The van der Waals surface area contributed by atoms with E-state index < -0.39 is 6.10 Å². The fourth-order valence-electron chi connectivity index (χ4n) is 2.70. The Balaban J connectivity index is 0.00000225. The zero-order valence-corrected chi connectivity index (χ0v) is 14.9. The van der Waals surface area contributed by atoms with Crippen LogP contribution in [-0.2, 0) is 17.6 Å². The Kier molecular flexibility index (Phi) is 6.92. The molecule has 3 rings (SSSR count). The number of carbonyl (C=O) groups excluding carboxylic acids is 1. The average Bonchev–Trinajstić information content (AvgIpc) is 3.24. The van der Waals surface area contributed by atoms with Gasteiger partial charge in [-0.25, -0.2) is 0 Å². The fraction of sp³-hybridized carbons (Fsp3) is 0.471. The van der Waals surface area contributed by atoms with E-state index in [0.717, 1.165) is 24.0 Å². The first kappa shape index (κ1) is 19.4. The minimum absolute atomic E-state index is 0. The van der Waals surface area contributed by atoms with Crippen molar-refractivity contribution >= 4 is 18.3 Å². The molecule has 2 aromatic rings. The number of hydrogen-bond acceptors (Lipinski definition) is 6. The van der Waals surface area contributed by atoms with Gasteiger partial charge in [0.2, 0.25) is 5.91 Å². The standard InChI is InChI=1S/C17H22N4O3.ClH/c1-2-15-20-17(24-21-15)12-5-3-11(4-6-12)7-8-18-16(23)14-9-13(22)10-19-14;/h3-6,13-14,19,22H,2,7-10H2,1H3,(H,18,23);1H. The molecule has 2 unspecified atom stereocenters. The second kappa shape index (κ2) is 8.94. The normalized spacial score (nSPS) is 19.4. The lowest BCUT2D eigenvalue weighted by atomic mass is 10.1. The van der Waals surface area contributed by atoms with E-state index in [1.807, 2.05) is 31.2 Å². The van der Waals surface area contributed by atoms with Gasteiger partial charge in [-0.05, 0) is 30.5 Å². The van der Waals surface area contributed by atoms with Crippen molar-refractivity contribution in [3.8, 4) is 11.5 Å². The summed E-state index contributed by atoms with van der Waals surface area (Å²) in [6, 6.07) is 7.59. The lowest BCUT2D eigenvalue weighted by Crippen LogP contribution is -2.41. The van der Waals surface area contributed by atoms with Crippen molar-refractivity contribution in [3.05, 3.63) is 35.7 Å². The monoisotopic (exact) mass is 366 g/mol. The molecule has 2 heterocycles. The maximum atomic E-state index is 11.9. The lowest BCUT2D eigenvalue weighted by molar-refractivity contribution is -0.122. The van der Waals surface area contributed by atoms with Gasteiger partial charge in [-0.3, -0.25) is 4.79 Å². The van der Waals surface area contributed by atoms with E-state index in [0.29, 0.717) is 31.2 Å². The highest BCUT2D eigenvalue weighted by molar-refractivity contribution is 5.85. The predicted octanol–water partition coefficient (Wildman–Crippen LogP) is 1.10. The van der Waals surface area contributed by atoms with E-state index in [4.69, 9.17) is 4.52 Å². The molecule has 3 N–H and O–H groups in total. The van der Waals surface area contributed by atoms with Crippen LogP contribution in [0.1, 0.15) is 24.7 Å². The summed E-state index contributed by atoms with van der Waals surface area (Å²) in [5.41, 5.74) is 2.01. The maximum absolute atomic E-state index is 11.9. The maximum Gasteiger partial charge on any atom is 0.257 e. The molecule has 0 saturated carbocycles. The zero-order chi connectivity index (χ0) is 16.9. The second-order valence-electron chi connectivity index (χ2n) is 5.96. The van der Waals surface area contributed by atoms with Crippen molar-refractivity contribution < 1.29 is 14.4 Å². The van der Waals surface area contributed by atoms with Gasteiger partial charge < -0.3 is 20.3 Å². The molecule has 1 aromatic heterocycles. The highest BCUT2D eigenvalue weighted by Gasteiger charge is 2.27. The summed E-state index contributed by atoms with van der Waals surface area (Å²) < 4.78 is 5.21. The van der Waals surface area contributed by atoms with Crippen molar-refractivity contribution in [1.29, 1.82) is 0 Å². The second-order valence-corrected chi connectivity index (χ2v) is 5.96. The number of aryl methyl sites for hydroxylation is 1. The molecule has 136 valence electrons. The van der Waals surface area contributed by atoms with E-state index in [1.54, 1.807) is 0 Å². The Hall–Kier alpha value is -1.96. The molecule has 0 aliphatic carbocycles. The molecule has 8 heteroatoms. The number of nitrogens with zero attached hydrogens (tertiary/aromatic N) is 2. The molecule has 2 atom stereocenters. The van der Waals surface area contributed by atoms with Crippen LogP contribution >= 0.6 is 12.4 Å². The number of nitrogens with one attached hydrogen (secondary N) is 2. The van der Waals surface area contributed by atoms with Crippen LogP contribution in [0.25, 0.3) is 11.5 Å². The summed E-state index contributed by atoms with van der Waals surface area (Å²) in [6.45, 7) is 3.02. The van der Waals surface area contributed by atoms with Crippen LogP contribution in [0.5, 0.6) is 0 Å². The number of aliphatic hydroxyl groups excluding tert-OH is 1. The molecule has 1 amide bonds. The summed E-state index contributed by atoms with van der Waals surface area (Å²) in [7, 11) is 0. The van der Waals surface area contributed by atoms with Gasteiger partial charge in [-0.1, -0.05) is 24.2 Å². The van der Waals surface area contributed by atoms with Crippen LogP contribution in [0.3, 0.4) is 0 Å². The first-order valence-electron chi connectivity index (χ1n) is 8.26. The number of hydrogen-bond donors (Lipinski definition) is 3. The summed E-state index contributed by atoms with van der Waals surface area (Å²) in [5, 5.41) is 19.2. The summed E-state index contributed by atoms with van der Waals surface area (Å²) in [5.74, 6) is 1.17. The minimum atomic E-state index is -0.425. The van der Waals surface area contributed by atoms with Crippen LogP contribution in [0.4, 0.5) is 0 Å². The molecule has 1 fully saturated rings. The highest BCUT2D eigenvalue weighted by Crippen LogP contribution is 2.18. The van der Waals surface area contributed by atoms with Crippen molar-refractivity contribution in [3.63, 3.8) is 0 Å². The van der Waals surface area contributed by atoms with E-state index in [9.17, 15) is 9.90 Å². The number of β-amino-alcohol motifs (C(OH)–C–C–N with tert-alkyl or cyclic N) is 1. The third-order valence-corrected chi connectivity index (χ3v) is 4.12. The summed E-state index contributed by atoms with van der Waals surface area (Å²) in [4.78, 5) is 16.2. The molecule has 1 aliphatic rings. The number of halogens is 1. The topological polar surface area (TPSA) is 100 Å². The number of carbonyl (C=O) groups is 1. The summed E-state index contributed by atoms with van der Waals surface area (Å²) in [6.07, 6.45) is 1.54. The SMILES string of the molecule is CCc1noc(-c2ccc(CCNC(=O)C3CC(O)CN3)cc2)n1.Cl. The first-order valence-corrected chi connectivity index (χ1v) is 8.26. The Labute approximate surface area is 152 Å². The number of aromatic nitrogens is 2. The Morgan fingerprint density at radius 2 is 2.16 bits per heavy atom. The molecule has 25 heavy (non-hydrogen) atoms. The van der Waals surface area contributed by atoms with Crippen molar-refractivity contribution in [2.24, 2.45) is 0 Å². The van der Waals surface area contributed by atoms with Crippen molar-refractivity contribution in [1.82, 2.24) is 20.8 Å². The van der Waals surface area contributed by atoms with Gasteiger partial charge in [-0.15, -0.1) is 12.4 Å². The van der Waals surface area contributed by atoms with Crippen LogP contribution in [-0.4, -0.2) is 46.4 Å². The molecule has 7 nitrogen and oxygen atoms in total. The van der Waals surface area contributed by atoms with E-state index >= 15 is 0 Å². The predicted molar refractivity (Wildman–Crippen MR) is 95.5 cm³/mol. The molecule has 1 saturated heterocycles. The third kappa shape index (κ3) is 5.01. The zero-order valence-electron chi connectivity index (χ0n) is 14.1. The van der Waals surface area contributed by atoms with Gasteiger partial charge in [0.15, 0.2) is 5.82 Å². The van der Waals surface area contributed by atoms with E-state index in [-0.39, 0.29) is 24.4 Å². The minimum Gasteiger partial charge on any atom is -0.392 e. The highest BCUT2D eigenvalue weighted by atomic mass is 35.5. The van der Waals surface area contributed by atoms with E-state index in [2.05, 4.69) is 20.8 Å². The number of amides is 1. The summed E-state index contributed by atoms with van der Waals surface area (Å²) >= 11 is 0. The molecule has 0 bridgehead atoms. The first-order chi connectivity index (χ1) is 11.7. The van der Waals surface area contributed by atoms with Gasteiger partial charge in [0.25, 0.3) is 5.89 Å². The van der Waals surface area contributed by atoms with Gasteiger partial charge in [0, 0.05) is 25.1 Å². The fourth-order valence-corrected chi connectivity index (χ4v) is 2.70. The average molecular weight is 367 g/mol. The molecule has 1 aliphatic heterocycles. The number of rotatable bonds is 6. The van der Waals surface area contributed by atoms with Gasteiger partial charge >= 0.3 is 0 Å². The third-order valence-electron chi connectivity index (χ3n) is 4.12. The molecule has 0 spiro atoms. The molecule has 1 aromatic carbocycles. The number of aliphatic hydroxyl groups is 1. The van der Waals surface area contributed by atoms with Crippen LogP contribution in [0, 0.1) is 0 Å². The Morgan fingerprint density at radius 1 is 1.40 bits per heavy atom. The quantitative estimate of drug-likeness (QED) is 0.708.